The van der Waals surface area contributed by atoms with Crippen molar-refractivity contribution in [2.24, 2.45) is 4.99 Å². The van der Waals surface area contributed by atoms with Gasteiger partial charge in [-0.15, -0.1) is 11.8 Å². The van der Waals surface area contributed by atoms with Crippen molar-refractivity contribution >= 4 is 46.3 Å². The Bertz CT molecular complexity index is 1990. The maximum absolute atomic E-state index is 14.8. The van der Waals surface area contributed by atoms with Crippen molar-refractivity contribution in [3.05, 3.63) is 83.4 Å². The molecule has 3 aromatic rings. The number of nitrogens with zero attached hydrogens (tertiary/aromatic N) is 4. The van der Waals surface area contributed by atoms with Crippen molar-refractivity contribution in [3.63, 3.8) is 0 Å². The molecule has 6 bridgehead atoms. The number of ether oxygens (including phenoxy) is 3. The summed E-state index contributed by atoms with van der Waals surface area (Å²) in [5.41, 5.74) is 2.28. The minimum absolute atomic E-state index is 0.0395. The first-order valence-electron chi connectivity index (χ1n) is 18.7. The van der Waals surface area contributed by atoms with E-state index < -0.39 is 65.8 Å². The van der Waals surface area contributed by atoms with Gasteiger partial charge in [-0.3, -0.25) is 29.0 Å². The van der Waals surface area contributed by atoms with Crippen LogP contribution in [-0.4, -0.2) is 127 Å². The van der Waals surface area contributed by atoms with Gasteiger partial charge in [0.25, 0.3) is 0 Å². The molecule has 0 radical (unpaired) electrons. The second-order valence-electron chi connectivity index (χ2n) is 14.4. The van der Waals surface area contributed by atoms with Crippen molar-refractivity contribution in [1.82, 2.24) is 25.3 Å². The Morgan fingerprint density at radius 1 is 0.719 bits per heavy atom. The molecule has 6 atom stereocenters. The minimum atomic E-state index is -1.12. The highest BCUT2D eigenvalue weighted by molar-refractivity contribution is 8.13. The molecular weight excluding hydrogens is 749 g/mol. The van der Waals surface area contributed by atoms with Gasteiger partial charge in [0, 0.05) is 34.0 Å². The molecule has 0 spiro atoms. The molecule has 57 heavy (non-hydrogen) atoms. The van der Waals surface area contributed by atoms with E-state index in [1.165, 1.54) is 47.5 Å². The first kappa shape index (κ1) is 42.6. The van der Waals surface area contributed by atoms with Crippen LogP contribution < -0.4 is 24.8 Å². The Morgan fingerprint density at radius 2 is 1.33 bits per heavy atom. The molecule has 15 heteroatoms. The Hall–Kier alpha value is -5.57. The predicted molar refractivity (Wildman–Crippen MR) is 219 cm³/mol. The van der Waals surface area contributed by atoms with Gasteiger partial charge < -0.3 is 39.5 Å². The number of carbonyl (C=O) groups excluding carboxylic acids is 5. The molecule has 0 unspecified atom stereocenters. The number of benzene rings is 3. The number of rotatable bonds is 4. The molecular formula is C42H52N6O8S. The second kappa shape index (κ2) is 18.6. The summed E-state index contributed by atoms with van der Waals surface area (Å²) >= 11 is 1.31. The van der Waals surface area contributed by atoms with Crippen LogP contribution in [0, 0.1) is 0 Å². The Balaban J connectivity index is 1.63. The molecule has 5 amide bonds. The van der Waals surface area contributed by atoms with Crippen LogP contribution in [0.3, 0.4) is 0 Å². The summed E-state index contributed by atoms with van der Waals surface area (Å²) in [6, 6.07) is 14.1. The fourth-order valence-corrected chi connectivity index (χ4v) is 7.73. The lowest BCUT2D eigenvalue weighted by molar-refractivity contribution is -0.148. The number of hydrogen-bond acceptors (Lipinski definition) is 10. The van der Waals surface area contributed by atoms with Gasteiger partial charge in [-0.1, -0.05) is 30.3 Å². The summed E-state index contributed by atoms with van der Waals surface area (Å²) < 4.78 is 17.1. The number of amides is 5. The first-order valence-corrected chi connectivity index (χ1v) is 20.0. The molecule has 14 nitrogen and oxygen atoms in total. The molecule has 3 aromatic carbocycles. The second-order valence-corrected chi connectivity index (χ2v) is 15.2. The Kier molecular flexibility index (Phi) is 13.9. The van der Waals surface area contributed by atoms with Gasteiger partial charge in [-0.2, -0.15) is 0 Å². The number of fused-ring (bicyclic) bond motifs is 2. The molecule has 0 fully saturated rings. The number of nitrogens with one attached hydrogen (secondary N) is 2. The van der Waals surface area contributed by atoms with Crippen LogP contribution >= 0.6 is 11.8 Å². The zero-order valence-corrected chi connectivity index (χ0v) is 34.7. The van der Waals surface area contributed by atoms with Gasteiger partial charge in [-0.05, 0) is 86.5 Å². The normalized spacial score (nSPS) is 24.1. The summed E-state index contributed by atoms with van der Waals surface area (Å²) in [6.07, 6.45) is 2.33. The topological polar surface area (TPSA) is 159 Å². The first-order chi connectivity index (χ1) is 27.1. The predicted octanol–water partition coefficient (Wildman–Crippen LogP) is 3.49. The van der Waals surface area contributed by atoms with E-state index in [0.29, 0.717) is 40.0 Å². The fourth-order valence-electron chi connectivity index (χ4n) is 6.96. The zero-order valence-electron chi connectivity index (χ0n) is 33.9. The number of aliphatic imine (C=N–C) groups is 1. The standard InChI is InChI=1S/C42H52N6O8S/c1-24-37(49)44-25(2)40(51)47(5)33(20-27-10-15-30(54-7)16-11-27)39(57-9)45-26(3)41(52)48(6)34-21-28-12-17-31(18-13-28)56-36-23-29(14-19-35(36)55-8)22-32(38(50)43-24)46(4)42(34)53/h10-19,23-26,32-34H,20-22H2,1-9H3,(H,43,50)(H,44,49)/t24-,25+,26+,32+,33+,34+/m1/s1. The van der Waals surface area contributed by atoms with Gasteiger partial charge in [0.2, 0.25) is 29.5 Å². The summed E-state index contributed by atoms with van der Waals surface area (Å²) in [5.74, 6) is -0.395. The molecule has 3 aliphatic rings. The van der Waals surface area contributed by atoms with Gasteiger partial charge in [0.05, 0.1) is 25.3 Å². The molecule has 0 aromatic heterocycles. The van der Waals surface area contributed by atoms with Crippen LogP contribution in [0.15, 0.2) is 71.7 Å². The average molecular weight is 801 g/mol. The minimum Gasteiger partial charge on any atom is -0.497 e. The maximum Gasteiger partial charge on any atom is 0.247 e. The largest absolute Gasteiger partial charge is 0.497 e. The SMILES string of the molecule is COc1ccc(C[C@H]2C(SC)=N[C@@H](C)C(=O)N(C)[C@H]3Cc4ccc(cc4)Oc4cc(ccc4OC)C[C@@H](C(=O)N[C@H](C)C(=O)N[C@@H](C)C(=O)N2C)N(C)C3=O)cc1. The summed E-state index contributed by atoms with van der Waals surface area (Å²) in [7, 11) is 7.83. The Morgan fingerprint density at radius 3 is 1.96 bits per heavy atom. The van der Waals surface area contributed by atoms with Crippen LogP contribution in [0.25, 0.3) is 0 Å². The highest BCUT2D eigenvalue weighted by atomic mass is 32.2. The Labute approximate surface area is 338 Å². The van der Waals surface area contributed by atoms with Crippen molar-refractivity contribution in [1.29, 1.82) is 0 Å². The number of carbonyl (C=O) groups is 5. The van der Waals surface area contributed by atoms with E-state index in [-0.39, 0.29) is 12.8 Å². The number of methoxy groups -OCH3 is 2. The van der Waals surface area contributed by atoms with Gasteiger partial charge in [-0.25, -0.2) is 0 Å². The monoisotopic (exact) mass is 800 g/mol. The van der Waals surface area contributed by atoms with E-state index in [1.54, 1.807) is 65.4 Å². The number of hydrogen-bond donors (Lipinski definition) is 2. The summed E-state index contributed by atoms with van der Waals surface area (Å²) in [4.78, 5) is 80.2. The third-order valence-corrected chi connectivity index (χ3v) is 11.3. The molecule has 2 N–H and O–H groups in total. The molecule has 0 aliphatic carbocycles. The van der Waals surface area contributed by atoms with Gasteiger partial charge in [0.1, 0.15) is 41.7 Å². The van der Waals surface area contributed by atoms with Crippen molar-refractivity contribution in [2.75, 3.05) is 41.6 Å². The van der Waals surface area contributed by atoms with Crippen LogP contribution in [0.5, 0.6) is 23.0 Å². The third kappa shape index (κ3) is 9.88. The molecule has 0 saturated carbocycles. The number of likely N-dealkylation sites (N-methyl/N-ethyl adjacent to an activating group) is 3. The number of thioether (sulfide) groups is 1. The van der Waals surface area contributed by atoms with Crippen LogP contribution in [-0.2, 0) is 43.2 Å². The molecule has 3 heterocycles. The quantitative estimate of drug-likeness (QED) is 0.403. The van der Waals surface area contributed by atoms with E-state index >= 15 is 0 Å². The lowest BCUT2D eigenvalue weighted by Crippen LogP contribution is -2.59. The highest BCUT2D eigenvalue weighted by Gasteiger charge is 2.38. The van der Waals surface area contributed by atoms with Gasteiger partial charge in [0.15, 0.2) is 11.5 Å². The maximum atomic E-state index is 14.8. The summed E-state index contributed by atoms with van der Waals surface area (Å²) in [5, 5.41) is 6.04. The van der Waals surface area contributed by atoms with E-state index in [2.05, 4.69) is 10.6 Å². The van der Waals surface area contributed by atoms with Crippen molar-refractivity contribution in [3.8, 4) is 23.0 Å². The van der Waals surface area contributed by atoms with Crippen LogP contribution in [0.2, 0.25) is 0 Å². The van der Waals surface area contributed by atoms with Crippen molar-refractivity contribution in [2.45, 2.75) is 76.3 Å². The molecule has 3 aliphatic heterocycles. The molecule has 304 valence electrons. The van der Waals surface area contributed by atoms with Crippen LogP contribution in [0.4, 0.5) is 0 Å². The van der Waals surface area contributed by atoms with Crippen LogP contribution in [0.1, 0.15) is 37.5 Å². The zero-order chi connectivity index (χ0) is 41.6. The van der Waals surface area contributed by atoms with E-state index in [9.17, 15) is 24.0 Å². The summed E-state index contributed by atoms with van der Waals surface area (Å²) in [6.45, 7) is 4.75. The fraction of sp³-hybridized carbons (Fsp3) is 0.429. The highest BCUT2D eigenvalue weighted by Crippen LogP contribution is 2.34. The van der Waals surface area contributed by atoms with Crippen molar-refractivity contribution < 1.29 is 38.2 Å². The van der Waals surface area contributed by atoms with Gasteiger partial charge >= 0.3 is 0 Å². The third-order valence-electron chi connectivity index (χ3n) is 10.5. The lowest BCUT2D eigenvalue weighted by atomic mass is 9.99. The average Bonchev–Trinajstić information content (AvgIpc) is 3.21. The van der Waals surface area contributed by atoms with E-state index in [1.807, 2.05) is 42.7 Å². The lowest BCUT2D eigenvalue weighted by Gasteiger charge is -2.36. The van der Waals surface area contributed by atoms with E-state index in [0.717, 1.165) is 11.1 Å². The smallest absolute Gasteiger partial charge is 0.247 e. The molecule has 6 rings (SSSR count). The van der Waals surface area contributed by atoms with E-state index in [4.69, 9.17) is 19.2 Å². The molecule has 0 saturated heterocycles.